The summed E-state index contributed by atoms with van der Waals surface area (Å²) >= 11 is 0. The number of carbonyl (C=O) groups excluding carboxylic acids is 3. The summed E-state index contributed by atoms with van der Waals surface area (Å²) in [5.41, 5.74) is 1.85. The van der Waals surface area contributed by atoms with Crippen LogP contribution in [0.1, 0.15) is 53.9 Å². The van der Waals surface area contributed by atoms with E-state index in [9.17, 15) is 14.4 Å². The number of ether oxygens (including phenoxy) is 3. The molecule has 0 radical (unpaired) electrons. The normalized spacial score (nSPS) is 35.5. The van der Waals surface area contributed by atoms with Gasteiger partial charge in [0, 0.05) is 18.9 Å². The van der Waals surface area contributed by atoms with Gasteiger partial charge >= 0.3 is 17.9 Å². The Labute approximate surface area is 159 Å². The van der Waals surface area contributed by atoms with Crippen LogP contribution in [0.25, 0.3) is 0 Å². The van der Waals surface area contributed by atoms with E-state index >= 15 is 0 Å². The van der Waals surface area contributed by atoms with Gasteiger partial charge in [0.2, 0.25) is 0 Å². The van der Waals surface area contributed by atoms with Crippen molar-refractivity contribution < 1.29 is 28.6 Å². The lowest BCUT2D eigenvalue weighted by Gasteiger charge is -2.41. The Bertz CT molecular complexity index is 733. The summed E-state index contributed by atoms with van der Waals surface area (Å²) in [5.74, 6) is -1.93. The molecule has 0 aromatic carbocycles. The van der Waals surface area contributed by atoms with Gasteiger partial charge in [0.1, 0.15) is 18.3 Å². The van der Waals surface area contributed by atoms with Crippen LogP contribution in [0.5, 0.6) is 0 Å². The van der Waals surface area contributed by atoms with Crippen LogP contribution in [0.3, 0.4) is 0 Å². The monoisotopic (exact) mass is 376 g/mol. The molecule has 1 saturated carbocycles. The SMILES string of the molecule is C=C1C(=O)O[C@@H]2CC(C)=C3CC[C@H](OC(C)=O)[C@@]3(C)[C@H](OC(=O)C(C)C)[C@H]12. The van der Waals surface area contributed by atoms with Crippen LogP contribution in [-0.4, -0.2) is 36.2 Å². The van der Waals surface area contributed by atoms with Gasteiger partial charge in [-0.3, -0.25) is 9.59 Å². The Morgan fingerprint density at radius 3 is 2.56 bits per heavy atom. The second kappa shape index (κ2) is 6.80. The standard InChI is InChI=1S/C21H28O6/c1-10(2)19(23)27-18-17-12(4)20(24)26-15(17)9-11(3)14-7-8-16(21(14,18)6)25-13(5)22/h10,15-18H,4,7-9H2,1-3,5-6H3/t15-,16+,17-,18-,21+/m1/s1. The summed E-state index contributed by atoms with van der Waals surface area (Å²) in [7, 11) is 0. The average molecular weight is 376 g/mol. The van der Waals surface area contributed by atoms with E-state index in [1.807, 2.05) is 13.8 Å². The van der Waals surface area contributed by atoms with Gasteiger partial charge in [-0.05, 0) is 26.7 Å². The summed E-state index contributed by atoms with van der Waals surface area (Å²) in [6.07, 6.45) is 0.487. The fourth-order valence-corrected chi connectivity index (χ4v) is 4.90. The van der Waals surface area contributed by atoms with E-state index in [1.54, 1.807) is 13.8 Å². The quantitative estimate of drug-likeness (QED) is 0.326. The minimum atomic E-state index is -0.712. The summed E-state index contributed by atoms with van der Waals surface area (Å²) < 4.78 is 17.2. The van der Waals surface area contributed by atoms with E-state index in [-0.39, 0.29) is 17.9 Å². The molecule has 5 atom stereocenters. The predicted octanol–water partition coefficient (Wildman–Crippen LogP) is 3.10. The van der Waals surface area contributed by atoms with Crippen LogP contribution >= 0.6 is 0 Å². The lowest BCUT2D eigenvalue weighted by molar-refractivity contribution is -0.173. The van der Waals surface area contributed by atoms with E-state index in [2.05, 4.69) is 6.58 Å². The van der Waals surface area contributed by atoms with Gasteiger partial charge in [-0.25, -0.2) is 4.79 Å². The largest absolute Gasteiger partial charge is 0.461 e. The summed E-state index contributed by atoms with van der Waals surface area (Å²) in [5, 5.41) is 0. The molecule has 0 amide bonds. The zero-order valence-corrected chi connectivity index (χ0v) is 16.7. The molecule has 3 aliphatic rings. The summed E-state index contributed by atoms with van der Waals surface area (Å²) in [4.78, 5) is 36.5. The second-order valence-corrected chi connectivity index (χ2v) is 8.39. The number of esters is 3. The maximum atomic E-state index is 12.5. The Hall–Kier alpha value is -2.11. The molecule has 0 bridgehead atoms. The van der Waals surface area contributed by atoms with Crippen LogP contribution in [0.15, 0.2) is 23.3 Å². The molecule has 6 heteroatoms. The smallest absolute Gasteiger partial charge is 0.334 e. The van der Waals surface area contributed by atoms with Crippen molar-refractivity contribution >= 4 is 17.9 Å². The fraction of sp³-hybridized carbons (Fsp3) is 0.667. The molecule has 1 aliphatic heterocycles. The Kier molecular flexibility index (Phi) is 4.95. The third-order valence-electron chi connectivity index (χ3n) is 6.26. The van der Waals surface area contributed by atoms with E-state index < -0.39 is 35.6 Å². The van der Waals surface area contributed by atoms with Gasteiger partial charge in [-0.2, -0.15) is 0 Å². The first-order valence-corrected chi connectivity index (χ1v) is 9.54. The van der Waals surface area contributed by atoms with Gasteiger partial charge in [0.15, 0.2) is 0 Å². The van der Waals surface area contributed by atoms with Crippen molar-refractivity contribution in [2.24, 2.45) is 17.3 Å². The highest BCUT2D eigenvalue weighted by atomic mass is 16.6. The number of rotatable bonds is 3. The van der Waals surface area contributed by atoms with Crippen LogP contribution in [0.4, 0.5) is 0 Å². The maximum absolute atomic E-state index is 12.5. The summed E-state index contributed by atoms with van der Waals surface area (Å²) in [6.45, 7) is 12.8. The molecule has 148 valence electrons. The van der Waals surface area contributed by atoms with Crippen molar-refractivity contribution in [3.05, 3.63) is 23.3 Å². The Morgan fingerprint density at radius 1 is 1.30 bits per heavy atom. The van der Waals surface area contributed by atoms with Crippen molar-refractivity contribution in [2.75, 3.05) is 0 Å². The molecule has 1 heterocycles. The first-order chi connectivity index (χ1) is 12.6. The molecule has 0 N–H and O–H groups in total. The Morgan fingerprint density at radius 2 is 1.96 bits per heavy atom. The predicted molar refractivity (Wildman–Crippen MR) is 97.4 cm³/mol. The zero-order chi connectivity index (χ0) is 20.1. The van der Waals surface area contributed by atoms with E-state index in [1.165, 1.54) is 6.92 Å². The van der Waals surface area contributed by atoms with E-state index in [4.69, 9.17) is 14.2 Å². The molecule has 1 saturated heterocycles. The average Bonchev–Trinajstić information content (AvgIpc) is 3.00. The second-order valence-electron chi connectivity index (χ2n) is 8.39. The zero-order valence-electron chi connectivity index (χ0n) is 16.7. The molecule has 0 aromatic heterocycles. The first kappa shape index (κ1) is 19.6. The molecule has 3 rings (SSSR count). The van der Waals surface area contributed by atoms with Crippen molar-refractivity contribution in [2.45, 2.75) is 72.2 Å². The molecule has 2 fully saturated rings. The van der Waals surface area contributed by atoms with Crippen molar-refractivity contribution in [3.63, 3.8) is 0 Å². The molecular weight excluding hydrogens is 348 g/mol. The van der Waals surface area contributed by atoms with Crippen LogP contribution in [0, 0.1) is 17.3 Å². The third-order valence-corrected chi connectivity index (χ3v) is 6.26. The van der Waals surface area contributed by atoms with Crippen LogP contribution in [0.2, 0.25) is 0 Å². The molecule has 0 spiro atoms. The van der Waals surface area contributed by atoms with E-state index in [0.717, 1.165) is 17.6 Å². The molecule has 0 unspecified atom stereocenters. The first-order valence-electron chi connectivity index (χ1n) is 9.54. The topological polar surface area (TPSA) is 78.9 Å². The van der Waals surface area contributed by atoms with Gasteiger partial charge < -0.3 is 14.2 Å². The highest BCUT2D eigenvalue weighted by molar-refractivity contribution is 5.91. The number of fused-ring (bicyclic) bond motifs is 2. The van der Waals surface area contributed by atoms with Crippen LogP contribution in [-0.2, 0) is 28.6 Å². The number of carbonyl (C=O) groups is 3. The van der Waals surface area contributed by atoms with Gasteiger partial charge in [-0.15, -0.1) is 0 Å². The number of hydrogen-bond donors (Lipinski definition) is 0. The minimum Gasteiger partial charge on any atom is -0.461 e. The number of hydrogen-bond acceptors (Lipinski definition) is 6. The van der Waals surface area contributed by atoms with Crippen molar-refractivity contribution in [1.82, 2.24) is 0 Å². The molecule has 0 aromatic rings. The highest BCUT2D eigenvalue weighted by Gasteiger charge is 2.61. The van der Waals surface area contributed by atoms with E-state index in [0.29, 0.717) is 18.4 Å². The molecular formula is C21H28O6. The summed E-state index contributed by atoms with van der Waals surface area (Å²) in [6, 6.07) is 0. The van der Waals surface area contributed by atoms with Gasteiger partial charge in [0.25, 0.3) is 0 Å². The third kappa shape index (κ3) is 3.09. The molecule has 6 nitrogen and oxygen atoms in total. The highest BCUT2D eigenvalue weighted by Crippen LogP contribution is 2.56. The maximum Gasteiger partial charge on any atom is 0.334 e. The molecule has 27 heavy (non-hydrogen) atoms. The van der Waals surface area contributed by atoms with Crippen molar-refractivity contribution in [3.8, 4) is 0 Å². The van der Waals surface area contributed by atoms with Crippen LogP contribution < -0.4 is 0 Å². The van der Waals surface area contributed by atoms with Gasteiger partial charge in [0.05, 0.1) is 17.3 Å². The minimum absolute atomic E-state index is 0.316. The lowest BCUT2D eigenvalue weighted by atomic mass is 9.71. The Balaban J connectivity index is 2.13. The fourth-order valence-electron chi connectivity index (χ4n) is 4.90. The van der Waals surface area contributed by atoms with Gasteiger partial charge in [-0.1, -0.05) is 31.6 Å². The molecule has 2 aliphatic carbocycles. The van der Waals surface area contributed by atoms with Crippen molar-refractivity contribution in [1.29, 1.82) is 0 Å². The lowest BCUT2D eigenvalue weighted by Crippen LogP contribution is -2.50.